The van der Waals surface area contributed by atoms with Crippen LogP contribution in [0.4, 0.5) is 4.79 Å². The molecule has 2 bridgehead atoms. The maximum Gasteiger partial charge on any atom is 0.511 e. The van der Waals surface area contributed by atoms with Crippen LogP contribution in [0.3, 0.4) is 0 Å². The van der Waals surface area contributed by atoms with Crippen LogP contribution in [0, 0.1) is 5.92 Å². The van der Waals surface area contributed by atoms with Crippen LogP contribution in [0.5, 0.6) is 11.5 Å². The second-order valence-corrected chi connectivity index (χ2v) is 13.0. The number of Topliss-reactive ketones (excluding diaryl/α,β-unsaturated/α-hetero) is 1. The summed E-state index contributed by atoms with van der Waals surface area (Å²) < 4.78 is 22.7. The molecule has 8 nitrogen and oxygen atoms in total. The topological polar surface area (TPSA) is 94.5 Å². The largest absolute Gasteiger partial charge is 0.511 e. The molecule has 0 amide bonds. The monoisotopic (exact) mass is 569 g/mol. The lowest BCUT2D eigenvalue weighted by Crippen LogP contribution is -2.76. The van der Waals surface area contributed by atoms with E-state index in [2.05, 4.69) is 11.8 Å². The van der Waals surface area contributed by atoms with Crippen LogP contribution in [0.15, 0.2) is 12.1 Å². The summed E-state index contributed by atoms with van der Waals surface area (Å²) in [6.07, 6.45) is 14.1. The first-order valence-corrected chi connectivity index (χ1v) is 16.2. The molecule has 6 rings (SSSR count). The highest BCUT2D eigenvalue weighted by molar-refractivity contribution is 5.90. The number of ether oxygens (including phenoxy) is 4. The van der Waals surface area contributed by atoms with E-state index in [0.29, 0.717) is 37.4 Å². The van der Waals surface area contributed by atoms with Gasteiger partial charge >= 0.3 is 6.16 Å². The Labute approximate surface area is 244 Å². The summed E-state index contributed by atoms with van der Waals surface area (Å²) in [5.41, 5.74) is 0.307. The Hall–Kier alpha value is -2.32. The number of benzene rings is 1. The molecule has 0 aromatic heterocycles. The van der Waals surface area contributed by atoms with E-state index in [-0.39, 0.29) is 18.6 Å². The fraction of sp³-hybridized carbons (Fsp3) is 0.758. The lowest BCUT2D eigenvalue weighted by molar-refractivity contribution is -0.188. The Morgan fingerprint density at radius 3 is 2.56 bits per heavy atom. The average molecular weight is 570 g/mol. The minimum atomic E-state index is -1.01. The summed E-state index contributed by atoms with van der Waals surface area (Å²) in [6.45, 7) is 4.15. The summed E-state index contributed by atoms with van der Waals surface area (Å²) in [5.74, 6) is 1.75. The van der Waals surface area contributed by atoms with Crippen molar-refractivity contribution in [1.29, 1.82) is 0 Å². The zero-order chi connectivity index (χ0) is 28.5. The van der Waals surface area contributed by atoms with Crippen molar-refractivity contribution in [2.75, 3.05) is 26.5 Å². The van der Waals surface area contributed by atoms with Gasteiger partial charge in [-0.05, 0) is 62.6 Å². The Kier molecular flexibility index (Phi) is 8.51. The zero-order valence-electron chi connectivity index (χ0n) is 24.7. The van der Waals surface area contributed by atoms with E-state index in [1.54, 1.807) is 0 Å². The molecule has 1 aromatic carbocycles. The fourth-order valence-corrected chi connectivity index (χ4v) is 8.12. The zero-order valence-corrected chi connectivity index (χ0v) is 24.7. The third-order valence-corrected chi connectivity index (χ3v) is 10.4. The smallest absolute Gasteiger partial charge is 0.477 e. The van der Waals surface area contributed by atoms with Gasteiger partial charge in [0.05, 0.1) is 17.6 Å². The molecule has 0 radical (unpaired) electrons. The molecule has 3 aliphatic carbocycles. The number of unbranched alkanes of at least 4 members (excludes halogenated alkanes) is 8. The van der Waals surface area contributed by atoms with Crippen LogP contribution >= 0.6 is 0 Å². The predicted octanol–water partition coefficient (Wildman–Crippen LogP) is 5.84. The fourth-order valence-electron chi connectivity index (χ4n) is 8.12. The van der Waals surface area contributed by atoms with Gasteiger partial charge in [-0.2, -0.15) is 0 Å². The maximum atomic E-state index is 13.2. The standard InChI is InChI=1S/C33H47NO7/c1-2-3-4-5-6-7-8-9-10-19-38-31(36)40-22-39-26-14-13-24-20-27-33(37)16-15-25(35)30-32(33,28(24)29(26)41-30)17-18-34(27)21-23-11-12-23/h13-14,23,27,30,37H,2-12,15-22H2,1H3/t27?,30-,32-,33+/m0/s1. The lowest BCUT2D eigenvalue weighted by atomic mass is 9.49. The van der Waals surface area contributed by atoms with Gasteiger partial charge < -0.3 is 24.1 Å². The number of carbonyl (C=O) groups excluding carboxylic acids is 2. The van der Waals surface area contributed by atoms with Crippen LogP contribution in [-0.4, -0.2) is 66.2 Å². The molecule has 2 aliphatic heterocycles. The molecule has 1 saturated heterocycles. The van der Waals surface area contributed by atoms with E-state index in [0.717, 1.165) is 55.8 Å². The van der Waals surface area contributed by atoms with Gasteiger partial charge in [-0.25, -0.2) is 4.79 Å². The third-order valence-electron chi connectivity index (χ3n) is 10.4. The third kappa shape index (κ3) is 5.35. The summed E-state index contributed by atoms with van der Waals surface area (Å²) in [5, 5.41) is 12.4. The van der Waals surface area contributed by atoms with Crippen molar-refractivity contribution in [3.05, 3.63) is 23.3 Å². The number of hydrogen-bond donors (Lipinski definition) is 1. The molecule has 1 aromatic rings. The Morgan fingerprint density at radius 1 is 1.05 bits per heavy atom. The van der Waals surface area contributed by atoms with Gasteiger partial charge in [0.15, 0.2) is 23.4 Å². The number of ketones is 1. The maximum absolute atomic E-state index is 13.2. The molecule has 1 spiro atoms. The minimum Gasteiger partial charge on any atom is -0.477 e. The van der Waals surface area contributed by atoms with Gasteiger partial charge in [0.2, 0.25) is 6.79 Å². The number of nitrogens with zero attached hydrogens (tertiary/aromatic N) is 1. The van der Waals surface area contributed by atoms with Crippen molar-refractivity contribution in [3.8, 4) is 11.5 Å². The molecule has 5 aliphatic rings. The number of piperidine rings is 1. The Balaban J connectivity index is 1.04. The number of aliphatic hydroxyl groups is 1. The Morgan fingerprint density at radius 2 is 1.80 bits per heavy atom. The van der Waals surface area contributed by atoms with E-state index >= 15 is 0 Å². The van der Waals surface area contributed by atoms with Crippen molar-refractivity contribution in [3.63, 3.8) is 0 Å². The number of carbonyl (C=O) groups is 2. The van der Waals surface area contributed by atoms with Gasteiger partial charge in [0, 0.05) is 24.6 Å². The Bertz CT molecular complexity index is 1120. The number of hydrogen-bond acceptors (Lipinski definition) is 8. The molecule has 1 N–H and O–H groups in total. The van der Waals surface area contributed by atoms with Crippen molar-refractivity contribution in [2.24, 2.45) is 5.92 Å². The quantitative estimate of drug-likeness (QED) is 0.160. The van der Waals surface area contributed by atoms with Crippen LogP contribution in [-0.2, 0) is 26.1 Å². The predicted molar refractivity (Wildman–Crippen MR) is 153 cm³/mol. The van der Waals surface area contributed by atoms with E-state index in [4.69, 9.17) is 18.9 Å². The van der Waals surface area contributed by atoms with Crippen molar-refractivity contribution >= 4 is 11.9 Å². The van der Waals surface area contributed by atoms with Gasteiger partial charge in [0.25, 0.3) is 0 Å². The normalized spacial score (nSPS) is 29.6. The first-order valence-electron chi connectivity index (χ1n) is 16.2. The van der Waals surface area contributed by atoms with Crippen molar-refractivity contribution in [2.45, 2.75) is 126 Å². The lowest BCUT2D eigenvalue weighted by Gasteiger charge is -2.62. The van der Waals surface area contributed by atoms with Crippen LogP contribution in [0.2, 0.25) is 0 Å². The molecule has 8 heteroatoms. The molecule has 2 saturated carbocycles. The summed E-state index contributed by atoms with van der Waals surface area (Å²) in [4.78, 5) is 27.8. The van der Waals surface area contributed by atoms with Crippen molar-refractivity contribution in [1.82, 2.24) is 4.90 Å². The summed E-state index contributed by atoms with van der Waals surface area (Å²) in [7, 11) is 0. The van der Waals surface area contributed by atoms with E-state index < -0.39 is 23.3 Å². The van der Waals surface area contributed by atoms with Crippen molar-refractivity contribution < 1.29 is 33.6 Å². The van der Waals surface area contributed by atoms with Gasteiger partial charge in [-0.3, -0.25) is 9.69 Å². The minimum absolute atomic E-state index is 0.00910. The van der Waals surface area contributed by atoms with Gasteiger partial charge in [-0.1, -0.05) is 64.4 Å². The molecule has 2 heterocycles. The molecular weight excluding hydrogens is 522 g/mol. The molecule has 3 fully saturated rings. The molecule has 1 unspecified atom stereocenters. The summed E-state index contributed by atoms with van der Waals surface area (Å²) in [6, 6.07) is 3.87. The highest BCUT2D eigenvalue weighted by atomic mass is 16.8. The van der Waals surface area contributed by atoms with Gasteiger partial charge in [0.1, 0.15) is 0 Å². The first-order chi connectivity index (χ1) is 20.0. The highest BCUT2D eigenvalue weighted by Crippen LogP contribution is 2.65. The number of rotatable bonds is 15. The van der Waals surface area contributed by atoms with E-state index in [9.17, 15) is 14.7 Å². The van der Waals surface area contributed by atoms with Crippen LogP contribution < -0.4 is 9.47 Å². The second-order valence-electron chi connectivity index (χ2n) is 13.0. The molecule has 226 valence electrons. The SMILES string of the molecule is CCCCCCCCCCCOC(=O)OCOc1ccc2c3c1O[C@H]1C(=O)CC[C@@]4(O)C(C2)N(CC2CC2)CC[C@]314. The molecular formula is C33H47NO7. The second kappa shape index (κ2) is 12.1. The average Bonchev–Trinajstić information content (AvgIpc) is 3.71. The molecule has 41 heavy (non-hydrogen) atoms. The summed E-state index contributed by atoms with van der Waals surface area (Å²) >= 11 is 0. The van der Waals surface area contributed by atoms with Crippen LogP contribution in [0.25, 0.3) is 0 Å². The van der Waals surface area contributed by atoms with E-state index in [1.165, 1.54) is 51.4 Å². The van der Waals surface area contributed by atoms with Gasteiger partial charge in [-0.15, -0.1) is 0 Å². The van der Waals surface area contributed by atoms with E-state index in [1.807, 2.05) is 12.1 Å². The molecule has 4 atom stereocenters. The first kappa shape index (κ1) is 28.8. The van der Waals surface area contributed by atoms with Crippen LogP contribution in [0.1, 0.15) is 108 Å². The number of likely N-dealkylation sites (tertiary alicyclic amines) is 1. The highest BCUT2D eigenvalue weighted by Gasteiger charge is 2.73.